The number of rotatable bonds is 53. The SMILES string of the molecule is CC/C=C\C/C=C\C/C=C\C/C=C\C/C=C\C/C=C\C/C=C\C/C=C\CCCCCCCCCCCCCCC(=O)NC(COC1OC(CO)C(O)C(O)C1O)C(O)/C=C/CC/C=C/CCCCCCCCCCCCCC. The fourth-order valence-corrected chi connectivity index (χ4v) is 9.31. The topological polar surface area (TPSA) is 149 Å². The minimum absolute atomic E-state index is 0.192. The molecule has 0 aromatic rings. The first-order valence-corrected chi connectivity index (χ1v) is 31.8. The number of aliphatic hydroxyl groups is 5. The summed E-state index contributed by atoms with van der Waals surface area (Å²) in [5.41, 5.74) is 0. The number of allylic oxidation sites excluding steroid dienone is 19. The first kappa shape index (κ1) is 72.6. The molecule has 6 N–H and O–H groups in total. The third kappa shape index (κ3) is 45.3. The highest BCUT2D eigenvalue weighted by Crippen LogP contribution is 2.23. The number of aliphatic hydroxyl groups excluding tert-OH is 5. The van der Waals surface area contributed by atoms with Crippen molar-refractivity contribution < 1.29 is 39.8 Å². The Kier molecular flexibility index (Phi) is 52.9. The highest BCUT2D eigenvalue weighted by molar-refractivity contribution is 5.76. The Labute approximate surface area is 478 Å². The summed E-state index contributed by atoms with van der Waals surface area (Å²) in [5.74, 6) is -0.192. The lowest BCUT2D eigenvalue weighted by Crippen LogP contribution is -2.60. The Morgan fingerprint density at radius 3 is 1.23 bits per heavy atom. The lowest BCUT2D eigenvalue weighted by atomic mass is 9.99. The lowest BCUT2D eigenvalue weighted by molar-refractivity contribution is -0.302. The van der Waals surface area contributed by atoms with Gasteiger partial charge in [0.2, 0.25) is 5.91 Å². The van der Waals surface area contributed by atoms with Crippen LogP contribution in [0, 0.1) is 0 Å². The van der Waals surface area contributed by atoms with E-state index in [4.69, 9.17) is 9.47 Å². The molecule has 9 heteroatoms. The Morgan fingerprint density at radius 2 is 0.808 bits per heavy atom. The minimum Gasteiger partial charge on any atom is -0.394 e. The number of unbranched alkanes of at least 4 members (excludes halogenated alkanes) is 25. The van der Waals surface area contributed by atoms with Gasteiger partial charge in [-0.05, 0) is 96.3 Å². The van der Waals surface area contributed by atoms with E-state index in [1.54, 1.807) is 6.08 Å². The van der Waals surface area contributed by atoms with Crippen LogP contribution in [0.1, 0.15) is 251 Å². The van der Waals surface area contributed by atoms with E-state index in [1.165, 1.54) is 141 Å². The monoisotopic (exact) mass is 1090 g/mol. The van der Waals surface area contributed by atoms with E-state index in [9.17, 15) is 30.3 Å². The molecule has 7 unspecified atom stereocenters. The summed E-state index contributed by atoms with van der Waals surface area (Å²) in [7, 11) is 0. The van der Waals surface area contributed by atoms with Gasteiger partial charge in [0.15, 0.2) is 6.29 Å². The molecule has 7 atom stereocenters. The molecular formula is C69H117NO8. The van der Waals surface area contributed by atoms with Crippen LogP contribution < -0.4 is 5.32 Å². The summed E-state index contributed by atoms with van der Waals surface area (Å²) in [6.07, 6.45) is 78.5. The Hall–Kier alpha value is -3.41. The van der Waals surface area contributed by atoms with Crippen molar-refractivity contribution in [2.24, 2.45) is 0 Å². The standard InChI is InChI=1S/C69H117NO8/c1-3-5-7-9-11-13-15-17-19-21-23-24-25-26-27-28-29-30-31-32-33-34-35-36-37-38-39-40-41-43-45-47-49-51-53-55-57-59-65(73)70-62(61-77-69-68(76)67(75)66(74)64(60-71)78-69)63(72)58-56-54-52-50-48-46-44-42-22-20-18-16-14-12-10-8-6-4-2/h5,7,11,13,17,19,23-24,26-27,29-30,32-33,35-36,48,50,56,58,62-64,66-69,71-72,74-76H,3-4,6,8-10,12,14-16,18,20-22,25,28,31,34,37-47,49,51-55,57,59-61H2,1-2H3,(H,70,73)/b7-5-,13-11-,19-17-,24-23-,27-26-,30-29-,33-32-,36-35-,50-48+,58-56+. The maximum atomic E-state index is 13.1. The summed E-state index contributed by atoms with van der Waals surface area (Å²) in [6.45, 7) is 3.65. The number of amides is 1. The number of ether oxygens (including phenoxy) is 2. The predicted molar refractivity (Wildman–Crippen MR) is 331 cm³/mol. The number of carbonyl (C=O) groups excluding carboxylic acids is 1. The third-order valence-electron chi connectivity index (χ3n) is 14.3. The van der Waals surface area contributed by atoms with Crippen molar-refractivity contribution in [3.8, 4) is 0 Å². The van der Waals surface area contributed by atoms with Gasteiger partial charge in [-0.1, -0.05) is 270 Å². The molecule has 1 aliphatic heterocycles. The minimum atomic E-state index is -1.58. The van der Waals surface area contributed by atoms with Crippen LogP contribution >= 0.6 is 0 Å². The summed E-state index contributed by atoms with van der Waals surface area (Å²) in [5, 5.41) is 54.6. The number of hydrogen-bond acceptors (Lipinski definition) is 8. The molecule has 1 saturated heterocycles. The van der Waals surface area contributed by atoms with Crippen LogP contribution in [0.4, 0.5) is 0 Å². The predicted octanol–water partition coefficient (Wildman–Crippen LogP) is 16.7. The molecule has 0 radical (unpaired) electrons. The van der Waals surface area contributed by atoms with Crippen LogP contribution in [0.25, 0.3) is 0 Å². The van der Waals surface area contributed by atoms with Gasteiger partial charge in [-0.3, -0.25) is 4.79 Å². The van der Waals surface area contributed by atoms with Crippen molar-refractivity contribution in [1.82, 2.24) is 5.32 Å². The van der Waals surface area contributed by atoms with Crippen molar-refractivity contribution in [1.29, 1.82) is 0 Å². The molecule has 0 saturated carbocycles. The van der Waals surface area contributed by atoms with Crippen molar-refractivity contribution in [2.45, 2.75) is 294 Å². The summed E-state index contributed by atoms with van der Waals surface area (Å²) < 4.78 is 11.3. The van der Waals surface area contributed by atoms with Crippen molar-refractivity contribution in [3.63, 3.8) is 0 Å². The zero-order chi connectivity index (χ0) is 56.5. The molecule has 0 aromatic carbocycles. The maximum absolute atomic E-state index is 13.1. The van der Waals surface area contributed by atoms with Gasteiger partial charge in [-0.2, -0.15) is 0 Å². The molecule has 1 aliphatic rings. The van der Waals surface area contributed by atoms with E-state index < -0.39 is 49.5 Å². The first-order valence-electron chi connectivity index (χ1n) is 31.8. The zero-order valence-corrected chi connectivity index (χ0v) is 49.6. The molecule has 78 heavy (non-hydrogen) atoms. The van der Waals surface area contributed by atoms with Gasteiger partial charge in [-0.25, -0.2) is 0 Å². The van der Waals surface area contributed by atoms with E-state index in [-0.39, 0.29) is 12.5 Å². The molecule has 0 aromatic heterocycles. The molecule has 0 aliphatic carbocycles. The lowest BCUT2D eigenvalue weighted by Gasteiger charge is -2.40. The van der Waals surface area contributed by atoms with Crippen molar-refractivity contribution in [3.05, 3.63) is 122 Å². The largest absolute Gasteiger partial charge is 0.394 e. The number of carbonyl (C=O) groups is 1. The Morgan fingerprint density at radius 1 is 0.449 bits per heavy atom. The van der Waals surface area contributed by atoms with E-state index in [0.29, 0.717) is 6.42 Å². The zero-order valence-electron chi connectivity index (χ0n) is 49.6. The van der Waals surface area contributed by atoms with Gasteiger partial charge in [0, 0.05) is 6.42 Å². The smallest absolute Gasteiger partial charge is 0.220 e. The van der Waals surface area contributed by atoms with Crippen molar-refractivity contribution in [2.75, 3.05) is 13.2 Å². The number of hydrogen-bond donors (Lipinski definition) is 6. The van der Waals surface area contributed by atoms with Crippen LogP contribution in [-0.4, -0.2) is 87.5 Å². The van der Waals surface area contributed by atoms with E-state index >= 15 is 0 Å². The molecule has 1 fully saturated rings. The Bertz CT molecular complexity index is 1640. The molecule has 0 spiro atoms. The van der Waals surface area contributed by atoms with Crippen molar-refractivity contribution >= 4 is 5.91 Å². The molecule has 0 bridgehead atoms. The molecule has 1 heterocycles. The van der Waals surface area contributed by atoms with Crippen LogP contribution in [0.3, 0.4) is 0 Å². The van der Waals surface area contributed by atoms with Gasteiger partial charge < -0.3 is 40.3 Å². The second-order valence-corrected chi connectivity index (χ2v) is 21.5. The molecular weight excluding hydrogens is 971 g/mol. The highest BCUT2D eigenvalue weighted by Gasteiger charge is 2.44. The van der Waals surface area contributed by atoms with Crippen LogP contribution in [0.5, 0.6) is 0 Å². The average molecular weight is 1090 g/mol. The van der Waals surface area contributed by atoms with E-state index in [0.717, 1.165) is 89.9 Å². The fourth-order valence-electron chi connectivity index (χ4n) is 9.31. The van der Waals surface area contributed by atoms with Crippen LogP contribution in [-0.2, 0) is 14.3 Å². The normalized spacial score (nSPS) is 19.5. The van der Waals surface area contributed by atoms with Gasteiger partial charge >= 0.3 is 0 Å². The molecule has 446 valence electrons. The number of nitrogens with one attached hydrogen (secondary N) is 1. The molecule has 1 amide bonds. The molecule has 1 rings (SSSR count). The second-order valence-electron chi connectivity index (χ2n) is 21.5. The fraction of sp³-hybridized carbons (Fsp3) is 0.696. The summed E-state index contributed by atoms with van der Waals surface area (Å²) in [6, 6.07) is -0.831. The Balaban J connectivity index is 2.17. The first-order chi connectivity index (χ1) is 38.3. The van der Waals surface area contributed by atoms with Crippen LogP contribution in [0.2, 0.25) is 0 Å². The summed E-state index contributed by atoms with van der Waals surface area (Å²) >= 11 is 0. The average Bonchev–Trinajstić information content (AvgIpc) is 3.45. The third-order valence-corrected chi connectivity index (χ3v) is 14.3. The van der Waals surface area contributed by atoms with Gasteiger partial charge in [-0.15, -0.1) is 0 Å². The maximum Gasteiger partial charge on any atom is 0.220 e. The van der Waals surface area contributed by atoms with Crippen LogP contribution in [0.15, 0.2) is 122 Å². The van der Waals surface area contributed by atoms with E-state index in [2.05, 4.69) is 129 Å². The quantitative estimate of drug-likeness (QED) is 0.0261. The van der Waals surface area contributed by atoms with Gasteiger partial charge in [0.05, 0.1) is 25.4 Å². The molecule has 9 nitrogen and oxygen atoms in total. The summed E-state index contributed by atoms with van der Waals surface area (Å²) in [4.78, 5) is 13.1. The van der Waals surface area contributed by atoms with Gasteiger partial charge in [0.25, 0.3) is 0 Å². The van der Waals surface area contributed by atoms with E-state index in [1.807, 2.05) is 6.08 Å². The van der Waals surface area contributed by atoms with Gasteiger partial charge in [0.1, 0.15) is 24.4 Å². The highest BCUT2D eigenvalue weighted by atomic mass is 16.7. The second kappa shape index (κ2) is 56.8.